The molecule has 12 heteroatoms. The number of carbonyl (C=O) groups excluding carboxylic acids is 1. The zero-order valence-corrected chi connectivity index (χ0v) is 19.7. The molecule has 0 aliphatic heterocycles. The van der Waals surface area contributed by atoms with Crippen LogP contribution in [0, 0.1) is 0 Å². The number of aromatic nitrogens is 2. The van der Waals surface area contributed by atoms with Crippen LogP contribution in [-0.4, -0.2) is 73.1 Å². The molecule has 1 N–H and O–H groups in total. The maximum absolute atomic E-state index is 13.2. The fraction of sp³-hybridized carbons (Fsp3) is 0.417. The lowest BCUT2D eigenvalue weighted by atomic mass is 10.1. The van der Waals surface area contributed by atoms with E-state index in [0.717, 1.165) is 12.8 Å². The second-order valence-electron chi connectivity index (χ2n) is 8.41. The van der Waals surface area contributed by atoms with Crippen LogP contribution in [0.1, 0.15) is 23.2 Å². The van der Waals surface area contributed by atoms with Crippen molar-refractivity contribution >= 4 is 11.6 Å². The first kappa shape index (κ1) is 25.5. The zero-order valence-electron chi connectivity index (χ0n) is 19.7. The summed E-state index contributed by atoms with van der Waals surface area (Å²) in [5.41, 5.74) is 1.39. The predicted octanol–water partition coefficient (Wildman–Crippen LogP) is 4.08. The molecule has 1 saturated carbocycles. The van der Waals surface area contributed by atoms with Gasteiger partial charge in [-0.1, -0.05) is 0 Å². The number of methoxy groups -OCH3 is 1. The van der Waals surface area contributed by atoms with E-state index in [4.69, 9.17) is 14.2 Å². The van der Waals surface area contributed by atoms with E-state index < -0.39 is 18.9 Å². The summed E-state index contributed by atoms with van der Waals surface area (Å²) in [5, 5.41) is 2.77. The van der Waals surface area contributed by atoms with Gasteiger partial charge in [-0.25, -0.2) is 13.8 Å². The van der Waals surface area contributed by atoms with Gasteiger partial charge in [0.2, 0.25) is 0 Å². The molecule has 1 fully saturated rings. The van der Waals surface area contributed by atoms with Gasteiger partial charge in [0.15, 0.2) is 0 Å². The molecule has 0 radical (unpaired) electrons. The number of amides is 1. The van der Waals surface area contributed by atoms with E-state index in [1.165, 1.54) is 18.1 Å². The number of hydrogen-bond donors (Lipinski definition) is 1. The Morgan fingerprint density at radius 1 is 1.22 bits per heavy atom. The number of alkyl halides is 4. The lowest BCUT2D eigenvalue weighted by Gasteiger charge is -2.17. The number of carbonyl (C=O) groups is 1. The van der Waals surface area contributed by atoms with Crippen molar-refractivity contribution in [2.45, 2.75) is 31.9 Å². The van der Waals surface area contributed by atoms with E-state index in [1.54, 1.807) is 42.0 Å². The van der Waals surface area contributed by atoms with Crippen molar-refractivity contribution in [2.75, 3.05) is 33.9 Å². The van der Waals surface area contributed by atoms with Crippen molar-refractivity contribution in [3.05, 3.63) is 42.2 Å². The largest absolute Gasteiger partial charge is 0.496 e. The number of rotatable bonds is 12. The summed E-state index contributed by atoms with van der Waals surface area (Å²) in [6.45, 7) is -2.95. The molecular formula is C24H26F4N4O4. The van der Waals surface area contributed by atoms with Gasteiger partial charge in [0.25, 0.3) is 12.3 Å². The molecule has 1 amide bonds. The van der Waals surface area contributed by atoms with Crippen LogP contribution in [0.25, 0.3) is 16.9 Å². The second-order valence-corrected chi connectivity index (χ2v) is 8.41. The highest BCUT2D eigenvalue weighted by Gasteiger charge is 2.29. The number of pyridine rings is 1. The topological polar surface area (TPSA) is 77.3 Å². The Labute approximate surface area is 204 Å². The summed E-state index contributed by atoms with van der Waals surface area (Å²) in [4.78, 5) is 18.5. The van der Waals surface area contributed by atoms with Gasteiger partial charge in [0.05, 0.1) is 25.5 Å². The minimum absolute atomic E-state index is 0.0150. The van der Waals surface area contributed by atoms with E-state index in [1.807, 2.05) is 0 Å². The SMILES string of the molecule is COc1cc(-c2cnc3cc(OCCN(C)CC(F)F)ccn23)cc(OC(F)F)c1C(=O)NC1CC1. The first-order valence-corrected chi connectivity index (χ1v) is 11.3. The zero-order chi connectivity index (χ0) is 25.8. The molecule has 0 unspecified atom stereocenters. The normalized spacial score (nSPS) is 13.6. The summed E-state index contributed by atoms with van der Waals surface area (Å²) >= 11 is 0. The molecule has 1 aliphatic carbocycles. The number of likely N-dealkylation sites (N-methyl/N-ethyl adjacent to an activating group) is 1. The number of imidazole rings is 1. The average Bonchev–Trinajstić information content (AvgIpc) is 3.52. The highest BCUT2D eigenvalue weighted by Crippen LogP contribution is 2.37. The van der Waals surface area contributed by atoms with E-state index in [0.29, 0.717) is 29.2 Å². The number of ether oxygens (including phenoxy) is 3. The third-order valence-corrected chi connectivity index (χ3v) is 5.61. The Kier molecular flexibility index (Phi) is 7.82. The Morgan fingerprint density at radius 2 is 1.97 bits per heavy atom. The Bertz CT molecular complexity index is 1220. The maximum atomic E-state index is 13.2. The average molecular weight is 510 g/mol. The van der Waals surface area contributed by atoms with Gasteiger partial charge in [0.1, 0.15) is 35.1 Å². The first-order chi connectivity index (χ1) is 17.2. The van der Waals surface area contributed by atoms with Crippen molar-refractivity contribution in [3.63, 3.8) is 0 Å². The third kappa shape index (κ3) is 6.17. The Morgan fingerprint density at radius 3 is 2.64 bits per heavy atom. The van der Waals surface area contributed by atoms with Crippen molar-refractivity contribution in [3.8, 4) is 28.5 Å². The number of halogens is 4. The van der Waals surface area contributed by atoms with Gasteiger partial charge >= 0.3 is 6.61 Å². The van der Waals surface area contributed by atoms with Crippen LogP contribution in [-0.2, 0) is 0 Å². The highest BCUT2D eigenvalue weighted by molar-refractivity contribution is 6.01. The quantitative estimate of drug-likeness (QED) is 0.370. The van der Waals surface area contributed by atoms with E-state index >= 15 is 0 Å². The molecule has 4 rings (SSSR count). The number of benzene rings is 1. The Balaban J connectivity index is 1.59. The van der Waals surface area contributed by atoms with Gasteiger partial charge in [-0.15, -0.1) is 0 Å². The molecule has 1 aliphatic rings. The van der Waals surface area contributed by atoms with Crippen LogP contribution in [0.3, 0.4) is 0 Å². The van der Waals surface area contributed by atoms with Crippen LogP contribution < -0.4 is 19.5 Å². The smallest absolute Gasteiger partial charge is 0.387 e. The summed E-state index contributed by atoms with van der Waals surface area (Å²) in [6, 6.07) is 6.27. The van der Waals surface area contributed by atoms with Crippen LogP contribution in [0.15, 0.2) is 36.7 Å². The van der Waals surface area contributed by atoms with Crippen molar-refractivity contribution in [1.82, 2.24) is 19.6 Å². The minimum Gasteiger partial charge on any atom is -0.496 e. The maximum Gasteiger partial charge on any atom is 0.387 e. The third-order valence-electron chi connectivity index (χ3n) is 5.61. The summed E-state index contributed by atoms with van der Waals surface area (Å²) in [5.74, 6) is -0.267. The van der Waals surface area contributed by atoms with Crippen molar-refractivity contribution in [1.29, 1.82) is 0 Å². The van der Waals surface area contributed by atoms with Crippen LogP contribution >= 0.6 is 0 Å². The molecule has 2 heterocycles. The van der Waals surface area contributed by atoms with Gasteiger partial charge in [-0.3, -0.25) is 14.1 Å². The van der Waals surface area contributed by atoms with E-state index in [9.17, 15) is 22.4 Å². The van der Waals surface area contributed by atoms with Gasteiger partial charge in [-0.2, -0.15) is 8.78 Å². The molecule has 36 heavy (non-hydrogen) atoms. The van der Waals surface area contributed by atoms with Crippen molar-refractivity contribution < 1.29 is 36.6 Å². The van der Waals surface area contributed by atoms with Gasteiger partial charge in [-0.05, 0) is 38.1 Å². The number of fused-ring (bicyclic) bond motifs is 1. The molecule has 3 aromatic rings. The molecule has 8 nitrogen and oxygen atoms in total. The lowest BCUT2D eigenvalue weighted by Crippen LogP contribution is -2.28. The van der Waals surface area contributed by atoms with Crippen LogP contribution in [0.4, 0.5) is 17.6 Å². The molecule has 1 aromatic carbocycles. The van der Waals surface area contributed by atoms with Gasteiger partial charge < -0.3 is 19.5 Å². The van der Waals surface area contributed by atoms with E-state index in [-0.39, 0.29) is 36.3 Å². The molecule has 194 valence electrons. The standard InChI is InChI=1S/C24H26F4N4O4/c1-31(13-20(25)26)7-8-35-16-5-6-32-17(12-29-21(32)11-16)14-9-18(34-2)22(19(10-14)36-24(27)28)23(33)30-15-3-4-15/h5-6,9-12,15,20,24H,3-4,7-8,13H2,1-2H3,(H,30,33). The Hall–Kier alpha value is -3.54. The van der Waals surface area contributed by atoms with Crippen molar-refractivity contribution in [2.24, 2.45) is 0 Å². The molecule has 0 bridgehead atoms. The monoisotopic (exact) mass is 510 g/mol. The summed E-state index contributed by atoms with van der Waals surface area (Å²) < 4.78 is 68.7. The van der Waals surface area contributed by atoms with E-state index in [2.05, 4.69) is 10.3 Å². The van der Waals surface area contributed by atoms with Crippen LogP contribution in [0.2, 0.25) is 0 Å². The molecular weight excluding hydrogens is 484 g/mol. The second kappa shape index (κ2) is 11.0. The minimum atomic E-state index is -3.14. The lowest BCUT2D eigenvalue weighted by molar-refractivity contribution is -0.0502. The number of hydrogen-bond acceptors (Lipinski definition) is 6. The first-order valence-electron chi connectivity index (χ1n) is 11.3. The molecule has 2 aromatic heterocycles. The highest BCUT2D eigenvalue weighted by atomic mass is 19.3. The predicted molar refractivity (Wildman–Crippen MR) is 123 cm³/mol. The molecule has 0 saturated heterocycles. The van der Waals surface area contributed by atoms with Crippen LogP contribution in [0.5, 0.6) is 17.2 Å². The summed E-state index contributed by atoms with van der Waals surface area (Å²) in [7, 11) is 2.93. The van der Waals surface area contributed by atoms with Gasteiger partial charge in [0, 0.05) is 30.4 Å². The summed E-state index contributed by atoms with van der Waals surface area (Å²) in [6.07, 6.45) is 2.47. The fourth-order valence-electron chi connectivity index (χ4n) is 3.71. The molecule has 0 spiro atoms. The number of nitrogens with one attached hydrogen (secondary N) is 1. The fourth-order valence-corrected chi connectivity index (χ4v) is 3.71. The molecule has 0 atom stereocenters. The number of nitrogens with zero attached hydrogens (tertiary/aromatic N) is 3.